The van der Waals surface area contributed by atoms with Crippen molar-refractivity contribution in [2.75, 3.05) is 11.6 Å². The van der Waals surface area contributed by atoms with Gasteiger partial charge in [-0.2, -0.15) is 0 Å². The van der Waals surface area contributed by atoms with Gasteiger partial charge >= 0.3 is 0 Å². The van der Waals surface area contributed by atoms with Gasteiger partial charge in [0.05, 0.1) is 23.1 Å². The first-order chi connectivity index (χ1) is 12.1. The molecule has 1 amide bonds. The lowest BCUT2D eigenvalue weighted by atomic mass is 10.1. The van der Waals surface area contributed by atoms with Crippen LogP contribution in [0.25, 0.3) is 10.9 Å². The second-order valence-corrected chi connectivity index (χ2v) is 5.89. The number of H-pyrrole nitrogens is 2. The van der Waals surface area contributed by atoms with Crippen LogP contribution in [-0.4, -0.2) is 22.5 Å². The normalized spacial score (nSPS) is 13.6. The molecule has 3 heterocycles. The number of nitrogens with one attached hydrogen (secondary N) is 4. The molecule has 0 radical (unpaired) electrons. The zero-order chi connectivity index (χ0) is 17.4. The minimum absolute atomic E-state index is 0.286. The Morgan fingerprint density at radius 1 is 1.16 bits per heavy atom. The number of benzene rings is 1. The molecule has 1 aliphatic heterocycles. The number of nitrogens with zero attached hydrogens (tertiary/aromatic N) is 1. The van der Waals surface area contributed by atoms with Crippen LogP contribution in [-0.2, 0) is 0 Å². The standard InChI is InChI=1S/C18H17N5O2/c1-11-7-20-18(25)15-13(8-19-16(11)15)17(24)22-14-9-23(10-21-14)12-5-3-2-4-6-12/h2-9,19,21H,10H2,1H3,(H,20,25)(H,22,24). The fraction of sp³-hybridized carbons (Fsp3) is 0.111. The third-order valence-corrected chi connectivity index (χ3v) is 4.23. The van der Waals surface area contributed by atoms with Crippen LogP contribution < -0.4 is 21.1 Å². The maximum atomic E-state index is 12.6. The smallest absolute Gasteiger partial charge is 0.259 e. The molecular weight excluding hydrogens is 318 g/mol. The second-order valence-electron chi connectivity index (χ2n) is 5.89. The highest BCUT2D eigenvalue weighted by Crippen LogP contribution is 2.19. The summed E-state index contributed by atoms with van der Waals surface area (Å²) in [5.41, 5.74) is 2.61. The molecule has 0 saturated heterocycles. The van der Waals surface area contributed by atoms with Crippen LogP contribution in [0.1, 0.15) is 15.9 Å². The first-order valence-electron chi connectivity index (χ1n) is 7.91. The Kier molecular flexibility index (Phi) is 3.53. The Labute approximate surface area is 143 Å². The van der Waals surface area contributed by atoms with Crippen molar-refractivity contribution >= 4 is 22.5 Å². The SMILES string of the molecule is Cc1c[nH]c(=O)c2c(C(=O)NC3=CN(c4ccccc4)CN3)c[nH]c12. The number of aromatic amines is 2. The van der Waals surface area contributed by atoms with Crippen LogP contribution in [0.2, 0.25) is 0 Å². The summed E-state index contributed by atoms with van der Waals surface area (Å²) in [6.07, 6.45) is 5.02. The molecule has 4 rings (SSSR count). The number of fused-ring (bicyclic) bond motifs is 1. The van der Waals surface area contributed by atoms with Gasteiger partial charge in [0.1, 0.15) is 5.82 Å². The number of pyridine rings is 1. The number of aryl methyl sites for hydroxylation is 1. The van der Waals surface area contributed by atoms with Crippen LogP contribution in [0.3, 0.4) is 0 Å². The molecule has 0 saturated carbocycles. The van der Waals surface area contributed by atoms with Crippen molar-refractivity contribution in [2.45, 2.75) is 6.92 Å². The van der Waals surface area contributed by atoms with E-state index in [1.165, 1.54) is 0 Å². The number of amides is 1. The van der Waals surface area contributed by atoms with E-state index in [0.717, 1.165) is 11.3 Å². The van der Waals surface area contributed by atoms with Crippen molar-refractivity contribution in [3.8, 4) is 0 Å². The molecule has 0 fully saturated rings. The number of carbonyl (C=O) groups is 1. The van der Waals surface area contributed by atoms with E-state index in [9.17, 15) is 9.59 Å². The molecule has 25 heavy (non-hydrogen) atoms. The summed E-state index contributed by atoms with van der Waals surface area (Å²) in [5, 5.41) is 6.32. The first-order valence-corrected chi connectivity index (χ1v) is 7.91. The van der Waals surface area contributed by atoms with E-state index in [4.69, 9.17) is 0 Å². The van der Waals surface area contributed by atoms with Gasteiger partial charge in [-0.25, -0.2) is 0 Å². The molecule has 2 aromatic heterocycles. The van der Waals surface area contributed by atoms with Crippen LogP contribution in [0.15, 0.2) is 59.5 Å². The summed E-state index contributed by atoms with van der Waals surface area (Å²) in [5.74, 6) is 0.253. The highest BCUT2D eigenvalue weighted by atomic mass is 16.2. The van der Waals surface area contributed by atoms with Gasteiger partial charge in [-0.05, 0) is 24.6 Å². The second kappa shape index (κ2) is 5.86. The largest absolute Gasteiger partial charge is 0.360 e. The highest BCUT2D eigenvalue weighted by Gasteiger charge is 2.19. The number of anilines is 1. The van der Waals surface area contributed by atoms with Crippen molar-refractivity contribution in [3.63, 3.8) is 0 Å². The number of aromatic nitrogens is 2. The van der Waals surface area contributed by atoms with E-state index in [1.807, 2.05) is 48.4 Å². The molecule has 0 unspecified atom stereocenters. The van der Waals surface area contributed by atoms with Gasteiger partial charge in [0.25, 0.3) is 11.5 Å². The predicted molar refractivity (Wildman–Crippen MR) is 96.1 cm³/mol. The molecule has 7 nitrogen and oxygen atoms in total. The molecule has 0 atom stereocenters. The molecule has 0 spiro atoms. The molecular formula is C18H17N5O2. The molecule has 7 heteroatoms. The topological polar surface area (TPSA) is 93.0 Å². The van der Waals surface area contributed by atoms with E-state index in [-0.39, 0.29) is 11.5 Å². The van der Waals surface area contributed by atoms with Gasteiger partial charge in [-0.15, -0.1) is 0 Å². The summed E-state index contributed by atoms with van der Waals surface area (Å²) in [7, 11) is 0. The lowest BCUT2D eigenvalue weighted by molar-refractivity contribution is 0.0965. The van der Waals surface area contributed by atoms with E-state index >= 15 is 0 Å². The van der Waals surface area contributed by atoms with Crippen molar-refractivity contribution < 1.29 is 4.79 Å². The Hall–Kier alpha value is -3.48. The first kappa shape index (κ1) is 15.1. The molecule has 0 bridgehead atoms. The monoisotopic (exact) mass is 335 g/mol. The maximum Gasteiger partial charge on any atom is 0.259 e. The van der Waals surface area contributed by atoms with Crippen molar-refractivity contribution in [1.29, 1.82) is 0 Å². The van der Waals surface area contributed by atoms with Gasteiger partial charge in [-0.1, -0.05) is 18.2 Å². The molecule has 1 aromatic carbocycles. The van der Waals surface area contributed by atoms with E-state index in [2.05, 4.69) is 20.6 Å². The molecule has 126 valence electrons. The van der Waals surface area contributed by atoms with Gasteiger partial charge < -0.3 is 25.5 Å². The third-order valence-electron chi connectivity index (χ3n) is 4.23. The zero-order valence-electron chi connectivity index (χ0n) is 13.6. The maximum absolute atomic E-state index is 12.6. The minimum Gasteiger partial charge on any atom is -0.360 e. The average molecular weight is 335 g/mol. The lowest BCUT2D eigenvalue weighted by Crippen LogP contribution is -2.30. The van der Waals surface area contributed by atoms with Gasteiger partial charge in [0.2, 0.25) is 0 Å². The average Bonchev–Trinajstić information content (AvgIpc) is 3.27. The number of hydrogen-bond acceptors (Lipinski definition) is 4. The summed E-state index contributed by atoms with van der Waals surface area (Å²) < 4.78 is 0. The molecule has 0 aliphatic carbocycles. The predicted octanol–water partition coefficient (Wildman–Crippen LogP) is 1.76. The number of hydrogen-bond donors (Lipinski definition) is 4. The Morgan fingerprint density at radius 3 is 2.76 bits per heavy atom. The fourth-order valence-electron chi connectivity index (χ4n) is 2.94. The summed E-state index contributed by atoms with van der Waals surface area (Å²) in [4.78, 5) is 32.3. The summed E-state index contributed by atoms with van der Waals surface area (Å²) >= 11 is 0. The van der Waals surface area contributed by atoms with Crippen molar-refractivity contribution in [1.82, 2.24) is 20.6 Å². The van der Waals surface area contributed by atoms with Crippen LogP contribution >= 0.6 is 0 Å². The lowest BCUT2D eigenvalue weighted by Gasteiger charge is -2.13. The van der Waals surface area contributed by atoms with Crippen LogP contribution in [0, 0.1) is 6.92 Å². The van der Waals surface area contributed by atoms with Crippen molar-refractivity contribution in [2.24, 2.45) is 0 Å². The van der Waals surface area contributed by atoms with Gasteiger partial charge in [0.15, 0.2) is 0 Å². The Balaban J connectivity index is 1.59. The zero-order valence-corrected chi connectivity index (χ0v) is 13.6. The molecule has 1 aliphatic rings. The number of rotatable bonds is 3. The van der Waals surface area contributed by atoms with E-state index in [0.29, 0.717) is 29.0 Å². The van der Waals surface area contributed by atoms with Crippen molar-refractivity contribution in [3.05, 3.63) is 76.2 Å². The summed E-state index contributed by atoms with van der Waals surface area (Å²) in [6, 6.07) is 9.85. The quantitative estimate of drug-likeness (QED) is 0.587. The van der Waals surface area contributed by atoms with Gasteiger partial charge in [0, 0.05) is 24.3 Å². The third kappa shape index (κ3) is 2.65. The van der Waals surface area contributed by atoms with Crippen LogP contribution in [0.4, 0.5) is 5.69 Å². The van der Waals surface area contributed by atoms with E-state index in [1.54, 1.807) is 12.4 Å². The fourth-order valence-corrected chi connectivity index (χ4v) is 2.94. The Bertz CT molecular complexity index is 1030. The molecule has 3 aromatic rings. The van der Waals surface area contributed by atoms with Crippen LogP contribution in [0.5, 0.6) is 0 Å². The molecule has 4 N–H and O–H groups in total. The number of para-hydroxylation sites is 1. The number of carbonyl (C=O) groups excluding carboxylic acids is 1. The minimum atomic E-state index is -0.337. The van der Waals surface area contributed by atoms with Gasteiger partial charge in [-0.3, -0.25) is 9.59 Å². The highest BCUT2D eigenvalue weighted by molar-refractivity contribution is 6.07. The Morgan fingerprint density at radius 2 is 1.96 bits per heavy atom. The summed E-state index contributed by atoms with van der Waals surface area (Å²) in [6.45, 7) is 2.43. The van der Waals surface area contributed by atoms with E-state index < -0.39 is 0 Å².